The van der Waals surface area contributed by atoms with E-state index < -0.39 is 5.97 Å². The monoisotopic (exact) mass is 493 g/mol. The Bertz CT molecular complexity index is 986. The van der Waals surface area contributed by atoms with Gasteiger partial charge in [0.15, 0.2) is 5.78 Å². The first-order valence-corrected chi connectivity index (χ1v) is 12.7. The summed E-state index contributed by atoms with van der Waals surface area (Å²) in [5.74, 6) is 0.312. The van der Waals surface area contributed by atoms with Gasteiger partial charge in [-0.05, 0) is 25.0 Å². The fourth-order valence-electron chi connectivity index (χ4n) is 3.89. The van der Waals surface area contributed by atoms with Crippen molar-refractivity contribution in [2.24, 2.45) is 0 Å². The predicted molar refractivity (Wildman–Crippen MR) is 139 cm³/mol. The molecule has 0 saturated carbocycles. The molecule has 3 aromatic rings. The van der Waals surface area contributed by atoms with Gasteiger partial charge in [-0.15, -0.1) is 0 Å². The van der Waals surface area contributed by atoms with Gasteiger partial charge in [0.25, 0.3) is 0 Å². The van der Waals surface area contributed by atoms with Gasteiger partial charge >= 0.3 is 12.0 Å². The summed E-state index contributed by atoms with van der Waals surface area (Å²) in [5.41, 5.74) is 1.47. The van der Waals surface area contributed by atoms with Gasteiger partial charge in [-0.2, -0.15) is 11.8 Å². The van der Waals surface area contributed by atoms with E-state index in [0.29, 0.717) is 5.25 Å². The van der Waals surface area contributed by atoms with Crippen LogP contribution in [-0.4, -0.2) is 51.0 Å². The van der Waals surface area contributed by atoms with E-state index in [1.165, 1.54) is 0 Å². The number of H-pyrrole nitrogens is 1. The van der Waals surface area contributed by atoms with E-state index in [0.717, 1.165) is 36.1 Å². The first-order valence-electron chi connectivity index (χ1n) is 11.7. The average molecular weight is 494 g/mol. The van der Waals surface area contributed by atoms with E-state index in [1.54, 1.807) is 0 Å². The maximum atomic E-state index is 11.8. The number of carbonyl (C=O) groups is 3. The maximum absolute atomic E-state index is 11.8. The minimum Gasteiger partial charge on any atom is -0.481 e. The zero-order chi connectivity index (χ0) is 24.9. The lowest BCUT2D eigenvalue weighted by Crippen LogP contribution is -2.36. The Morgan fingerprint density at radius 2 is 1.46 bits per heavy atom. The van der Waals surface area contributed by atoms with Crippen molar-refractivity contribution in [3.8, 4) is 0 Å². The Labute approximate surface area is 209 Å². The quantitative estimate of drug-likeness (QED) is 0.216. The van der Waals surface area contributed by atoms with Crippen LogP contribution in [0, 0.1) is 0 Å². The van der Waals surface area contributed by atoms with Gasteiger partial charge in [-0.25, -0.2) is 4.79 Å². The molecule has 2 amide bonds. The highest BCUT2D eigenvalue weighted by Crippen LogP contribution is 2.33. The molecule has 2 fully saturated rings. The van der Waals surface area contributed by atoms with Crippen molar-refractivity contribution in [2.75, 3.05) is 5.75 Å². The lowest BCUT2D eigenvalue weighted by atomic mass is 10.0. The normalized spacial score (nSPS) is 19.7. The molecule has 7 nitrogen and oxygen atoms in total. The van der Waals surface area contributed by atoms with Gasteiger partial charge in [0.2, 0.25) is 0 Å². The number of ketones is 1. The van der Waals surface area contributed by atoms with Crippen LogP contribution in [0.5, 0.6) is 0 Å². The van der Waals surface area contributed by atoms with E-state index in [-0.39, 0.29) is 30.3 Å². The van der Waals surface area contributed by atoms with Crippen molar-refractivity contribution >= 4 is 29.5 Å². The summed E-state index contributed by atoms with van der Waals surface area (Å²) in [4.78, 5) is 36.2. The van der Waals surface area contributed by atoms with Gasteiger partial charge in [0, 0.05) is 40.9 Å². The fourth-order valence-corrected chi connectivity index (χ4v) is 5.43. The predicted octanol–water partition coefficient (Wildman–Crippen LogP) is 4.73. The van der Waals surface area contributed by atoms with Crippen LogP contribution >= 0.6 is 11.8 Å². The summed E-state index contributed by atoms with van der Waals surface area (Å²) in [5, 5.41) is 14.8. The van der Waals surface area contributed by atoms with E-state index in [4.69, 9.17) is 5.11 Å². The molecule has 184 valence electrons. The van der Waals surface area contributed by atoms with Crippen molar-refractivity contribution in [3.05, 3.63) is 96.3 Å². The Balaban J connectivity index is 0.000000164. The number of aromatic nitrogens is 1. The van der Waals surface area contributed by atoms with Crippen LogP contribution in [0.2, 0.25) is 0 Å². The van der Waals surface area contributed by atoms with E-state index >= 15 is 0 Å². The smallest absolute Gasteiger partial charge is 0.315 e. The second-order valence-electron chi connectivity index (χ2n) is 8.21. The zero-order valence-electron chi connectivity index (χ0n) is 19.4. The molecule has 2 aromatic carbocycles. The number of nitrogens with one attached hydrogen (secondary N) is 3. The minimum absolute atomic E-state index is 0.0640. The number of carboxylic acids is 1. The number of thioether (sulfide) groups is 1. The summed E-state index contributed by atoms with van der Waals surface area (Å²) < 4.78 is 0. The molecular weight excluding hydrogens is 462 g/mol. The number of aromatic amines is 1. The van der Waals surface area contributed by atoms with Crippen LogP contribution in [0.1, 0.15) is 41.6 Å². The topological polar surface area (TPSA) is 111 Å². The van der Waals surface area contributed by atoms with Gasteiger partial charge in [0.1, 0.15) is 0 Å². The zero-order valence-corrected chi connectivity index (χ0v) is 20.2. The standard InChI is InChI=1S/C13H10O.C10H16N2O3S.C4H5N/c14-13(11-7-3-1-4-8-11)12-9-5-2-6-10-12;13-8(14)4-2-1-3-7-9-6(5-16-7)11-10(15)12-9;1-2-4-5-3-1/h1-10H;6-7,9H,1-5H2,(H,13,14)(H2,11,12,15);1-5H/t;6-,7-,9-;/m.0./s1. The van der Waals surface area contributed by atoms with Crippen LogP contribution in [-0.2, 0) is 4.79 Å². The third kappa shape index (κ3) is 8.64. The summed E-state index contributed by atoms with van der Waals surface area (Å²) in [6, 6.07) is 22.9. The van der Waals surface area contributed by atoms with Crippen LogP contribution in [0.15, 0.2) is 85.2 Å². The van der Waals surface area contributed by atoms with Gasteiger partial charge in [-0.3, -0.25) is 9.59 Å². The molecule has 8 heteroatoms. The summed E-state index contributed by atoms with van der Waals surface area (Å²) in [6.45, 7) is 0. The third-order valence-electron chi connectivity index (χ3n) is 5.64. The molecule has 2 saturated heterocycles. The minimum atomic E-state index is -0.729. The largest absolute Gasteiger partial charge is 0.481 e. The van der Waals surface area contributed by atoms with Crippen molar-refractivity contribution in [2.45, 2.75) is 43.0 Å². The molecule has 35 heavy (non-hydrogen) atoms. The number of benzene rings is 2. The van der Waals surface area contributed by atoms with Crippen LogP contribution in [0.25, 0.3) is 0 Å². The Kier molecular flexibility index (Phi) is 10.4. The highest BCUT2D eigenvalue weighted by Gasteiger charge is 2.42. The van der Waals surface area contributed by atoms with Gasteiger partial charge in [0.05, 0.1) is 12.1 Å². The lowest BCUT2D eigenvalue weighted by Gasteiger charge is -2.16. The fraction of sp³-hybridized carbons (Fsp3) is 0.296. The SMILES string of the molecule is O=C(O)CCCC[C@@H]1SC[C@@H]2NC(=O)N[C@@H]21.O=C(c1ccccc1)c1ccccc1.c1cc[nH]c1. The number of rotatable bonds is 7. The van der Waals surface area contributed by atoms with E-state index in [2.05, 4.69) is 15.6 Å². The second kappa shape index (κ2) is 14.0. The Hall–Kier alpha value is -3.52. The number of unbranched alkanes of at least 4 members (excludes halogenated alkanes) is 1. The molecule has 0 aliphatic carbocycles. The van der Waals surface area contributed by atoms with Crippen molar-refractivity contribution in [1.29, 1.82) is 0 Å². The van der Waals surface area contributed by atoms with Crippen LogP contribution in [0.4, 0.5) is 4.79 Å². The molecule has 5 rings (SSSR count). The molecule has 1 aromatic heterocycles. The lowest BCUT2D eigenvalue weighted by molar-refractivity contribution is -0.137. The number of carbonyl (C=O) groups excluding carboxylic acids is 2. The molecule has 2 aliphatic rings. The Morgan fingerprint density at radius 1 is 0.857 bits per heavy atom. The van der Waals surface area contributed by atoms with Crippen LogP contribution in [0.3, 0.4) is 0 Å². The van der Waals surface area contributed by atoms with E-state index in [1.807, 2.05) is 97.0 Å². The highest BCUT2D eigenvalue weighted by molar-refractivity contribution is 8.00. The number of hydrogen-bond donors (Lipinski definition) is 4. The number of hydrogen-bond acceptors (Lipinski definition) is 4. The molecule has 4 N–H and O–H groups in total. The number of aliphatic carboxylic acids is 1. The summed E-state index contributed by atoms with van der Waals surface area (Å²) in [6.07, 6.45) is 6.63. The van der Waals surface area contributed by atoms with Gasteiger partial charge < -0.3 is 20.7 Å². The maximum Gasteiger partial charge on any atom is 0.315 e. The van der Waals surface area contributed by atoms with Gasteiger partial charge in [-0.1, -0.05) is 67.1 Å². The summed E-state index contributed by atoms with van der Waals surface area (Å²) in [7, 11) is 0. The molecule has 0 spiro atoms. The molecule has 0 bridgehead atoms. The van der Waals surface area contributed by atoms with Crippen molar-refractivity contribution in [1.82, 2.24) is 15.6 Å². The summed E-state index contributed by atoms with van der Waals surface area (Å²) >= 11 is 1.87. The number of urea groups is 1. The number of fused-ring (bicyclic) bond motifs is 1. The first kappa shape index (κ1) is 26.1. The molecule has 2 aliphatic heterocycles. The molecule has 3 heterocycles. The second-order valence-corrected chi connectivity index (χ2v) is 9.48. The van der Waals surface area contributed by atoms with Crippen molar-refractivity contribution < 1.29 is 19.5 Å². The number of amides is 2. The van der Waals surface area contributed by atoms with E-state index in [9.17, 15) is 14.4 Å². The first-order chi connectivity index (χ1) is 17.0. The average Bonchev–Trinajstić information content (AvgIpc) is 3.64. The third-order valence-corrected chi connectivity index (χ3v) is 7.14. The molecule has 3 atom stereocenters. The Morgan fingerprint density at radius 3 is 1.97 bits per heavy atom. The molecular formula is C27H31N3O4S. The van der Waals surface area contributed by atoms with Crippen molar-refractivity contribution in [3.63, 3.8) is 0 Å². The van der Waals surface area contributed by atoms with Crippen LogP contribution < -0.4 is 10.6 Å². The molecule has 0 radical (unpaired) electrons. The highest BCUT2D eigenvalue weighted by atomic mass is 32.2. The number of carboxylic acid groups (broad SMARTS) is 1. The molecule has 0 unspecified atom stereocenters.